The Hall–Kier alpha value is -1.76. The fourth-order valence-electron chi connectivity index (χ4n) is 2.12. The van der Waals surface area contributed by atoms with Crippen molar-refractivity contribution in [3.63, 3.8) is 0 Å². The van der Waals surface area contributed by atoms with E-state index in [9.17, 15) is 10.5 Å². The molecule has 0 saturated carbocycles. The summed E-state index contributed by atoms with van der Waals surface area (Å²) in [7, 11) is 0. The molecule has 2 aliphatic heterocycles. The average molecular weight is 248 g/mol. The molecule has 0 radical (unpaired) electrons. The number of hydrogen-bond donors (Lipinski definition) is 0. The molecule has 0 unspecified atom stereocenters. The lowest BCUT2D eigenvalue weighted by atomic mass is 10.2. The number of nitriles is 2. The van der Waals surface area contributed by atoms with Crippen molar-refractivity contribution in [1.82, 2.24) is 9.80 Å². The maximum Gasteiger partial charge on any atom is 0.151 e. The highest BCUT2D eigenvalue weighted by atomic mass is 16.5. The topological polar surface area (TPSA) is 72.5 Å². The minimum atomic E-state index is 0.461. The molecule has 0 aromatic heterocycles. The van der Waals surface area contributed by atoms with Crippen LogP contribution in [0.5, 0.6) is 0 Å². The Morgan fingerprint density at radius 2 is 1.06 bits per heavy atom. The van der Waals surface area contributed by atoms with Gasteiger partial charge in [0.15, 0.2) is 11.4 Å². The molecule has 2 saturated heterocycles. The molecule has 96 valence electrons. The summed E-state index contributed by atoms with van der Waals surface area (Å²) < 4.78 is 10.5. The Balaban J connectivity index is 2.21. The first kappa shape index (κ1) is 12.7. The molecule has 0 spiro atoms. The monoisotopic (exact) mass is 248 g/mol. The number of nitrogens with zero attached hydrogens (tertiary/aromatic N) is 4. The fraction of sp³-hybridized carbons (Fsp3) is 0.667. The van der Waals surface area contributed by atoms with Crippen molar-refractivity contribution in [2.75, 3.05) is 52.6 Å². The molecule has 2 aliphatic rings. The molecule has 0 aromatic carbocycles. The third-order valence-corrected chi connectivity index (χ3v) is 3.09. The van der Waals surface area contributed by atoms with Crippen LogP contribution in [0.25, 0.3) is 0 Å². The van der Waals surface area contributed by atoms with Crippen molar-refractivity contribution >= 4 is 0 Å². The Morgan fingerprint density at radius 1 is 0.722 bits per heavy atom. The SMILES string of the molecule is N#C/C(=C(/C#N)N1CCOCC1)N1CCOCC1. The van der Waals surface area contributed by atoms with Gasteiger partial charge in [-0.2, -0.15) is 10.5 Å². The molecule has 18 heavy (non-hydrogen) atoms. The largest absolute Gasteiger partial charge is 0.378 e. The third kappa shape index (κ3) is 2.73. The van der Waals surface area contributed by atoms with Crippen molar-refractivity contribution in [3.8, 4) is 12.1 Å². The number of ether oxygens (including phenoxy) is 2. The summed E-state index contributed by atoms with van der Waals surface area (Å²) in [4.78, 5) is 3.86. The van der Waals surface area contributed by atoms with Gasteiger partial charge in [0.25, 0.3) is 0 Å². The molecular weight excluding hydrogens is 232 g/mol. The quantitative estimate of drug-likeness (QED) is 0.636. The van der Waals surface area contributed by atoms with E-state index >= 15 is 0 Å². The first-order valence-electron chi connectivity index (χ1n) is 6.06. The molecule has 2 fully saturated rings. The van der Waals surface area contributed by atoms with Gasteiger partial charge in [0.05, 0.1) is 26.4 Å². The molecule has 0 aromatic rings. The maximum atomic E-state index is 9.31. The van der Waals surface area contributed by atoms with E-state index in [0.29, 0.717) is 64.0 Å². The van der Waals surface area contributed by atoms with Crippen LogP contribution in [0.1, 0.15) is 0 Å². The number of allylic oxidation sites excluding steroid dienone is 2. The second-order valence-electron chi connectivity index (χ2n) is 4.12. The Labute approximate surface area is 107 Å². The van der Waals surface area contributed by atoms with Gasteiger partial charge in [-0.15, -0.1) is 0 Å². The van der Waals surface area contributed by atoms with Gasteiger partial charge in [-0.05, 0) is 0 Å². The maximum absolute atomic E-state index is 9.31. The molecule has 6 heteroatoms. The molecule has 2 heterocycles. The van der Waals surface area contributed by atoms with Gasteiger partial charge >= 0.3 is 0 Å². The van der Waals surface area contributed by atoms with Gasteiger partial charge in [0, 0.05) is 26.2 Å². The Bertz CT molecular complexity index is 357. The molecular formula is C12H16N4O2. The van der Waals surface area contributed by atoms with E-state index < -0.39 is 0 Å². The van der Waals surface area contributed by atoms with Crippen molar-refractivity contribution in [2.45, 2.75) is 0 Å². The fourth-order valence-corrected chi connectivity index (χ4v) is 2.12. The van der Waals surface area contributed by atoms with Crippen LogP contribution in [0.15, 0.2) is 11.4 Å². The number of morpholine rings is 2. The van der Waals surface area contributed by atoms with Crippen LogP contribution in [0.4, 0.5) is 0 Å². The number of rotatable bonds is 2. The average Bonchev–Trinajstić information content (AvgIpc) is 2.46. The molecule has 0 amide bonds. The van der Waals surface area contributed by atoms with Gasteiger partial charge in [-0.25, -0.2) is 0 Å². The summed E-state index contributed by atoms with van der Waals surface area (Å²) in [5.41, 5.74) is 0.922. The minimum Gasteiger partial charge on any atom is -0.378 e. The zero-order valence-electron chi connectivity index (χ0n) is 10.3. The Morgan fingerprint density at radius 3 is 1.33 bits per heavy atom. The van der Waals surface area contributed by atoms with E-state index in [0.717, 1.165) is 0 Å². The van der Waals surface area contributed by atoms with Crippen molar-refractivity contribution in [1.29, 1.82) is 10.5 Å². The lowest BCUT2D eigenvalue weighted by molar-refractivity contribution is 0.0454. The van der Waals surface area contributed by atoms with E-state index in [4.69, 9.17) is 9.47 Å². The highest BCUT2D eigenvalue weighted by molar-refractivity contribution is 5.35. The second kappa shape index (κ2) is 6.25. The van der Waals surface area contributed by atoms with Gasteiger partial charge in [0.2, 0.25) is 0 Å². The van der Waals surface area contributed by atoms with Crippen LogP contribution in [0, 0.1) is 22.7 Å². The summed E-state index contributed by atoms with van der Waals surface area (Å²) >= 11 is 0. The summed E-state index contributed by atoms with van der Waals surface area (Å²) in [5, 5.41) is 18.6. The zero-order chi connectivity index (χ0) is 12.8. The standard InChI is InChI=1S/C12H16N4O2/c13-9-11(15-1-5-17-6-2-15)12(10-14)16-3-7-18-8-4-16/h1-8H2/b12-11+. The molecule has 6 nitrogen and oxygen atoms in total. The Kier molecular flexibility index (Phi) is 4.40. The molecule has 0 N–H and O–H groups in total. The highest BCUT2D eigenvalue weighted by Gasteiger charge is 2.22. The van der Waals surface area contributed by atoms with Crippen LogP contribution >= 0.6 is 0 Å². The van der Waals surface area contributed by atoms with E-state index in [1.54, 1.807) is 0 Å². The van der Waals surface area contributed by atoms with Crippen molar-refractivity contribution in [3.05, 3.63) is 11.4 Å². The van der Waals surface area contributed by atoms with E-state index in [-0.39, 0.29) is 0 Å². The lowest BCUT2D eigenvalue weighted by Crippen LogP contribution is -2.40. The van der Waals surface area contributed by atoms with Crippen LogP contribution in [-0.4, -0.2) is 62.4 Å². The van der Waals surface area contributed by atoms with E-state index in [1.165, 1.54) is 0 Å². The van der Waals surface area contributed by atoms with E-state index in [2.05, 4.69) is 12.1 Å². The smallest absolute Gasteiger partial charge is 0.151 e. The van der Waals surface area contributed by atoms with Crippen LogP contribution in [0.3, 0.4) is 0 Å². The molecule has 0 aliphatic carbocycles. The molecule has 2 rings (SSSR count). The third-order valence-electron chi connectivity index (χ3n) is 3.09. The van der Waals surface area contributed by atoms with Crippen molar-refractivity contribution in [2.24, 2.45) is 0 Å². The number of hydrogen-bond acceptors (Lipinski definition) is 6. The first-order chi connectivity index (χ1) is 8.86. The van der Waals surface area contributed by atoms with Crippen molar-refractivity contribution < 1.29 is 9.47 Å². The molecule has 0 atom stereocenters. The molecule has 0 bridgehead atoms. The van der Waals surface area contributed by atoms with Gasteiger partial charge < -0.3 is 19.3 Å². The zero-order valence-corrected chi connectivity index (χ0v) is 10.3. The van der Waals surface area contributed by atoms with E-state index in [1.807, 2.05) is 9.80 Å². The summed E-state index contributed by atoms with van der Waals surface area (Å²) in [6, 6.07) is 4.33. The predicted molar refractivity (Wildman–Crippen MR) is 63.0 cm³/mol. The normalized spacial score (nSPS) is 21.9. The predicted octanol–water partition coefficient (Wildman–Crippen LogP) is -0.0904. The van der Waals surface area contributed by atoms with Crippen LogP contribution < -0.4 is 0 Å². The van der Waals surface area contributed by atoms with Gasteiger partial charge in [-0.3, -0.25) is 0 Å². The van der Waals surface area contributed by atoms with Gasteiger partial charge in [-0.1, -0.05) is 0 Å². The summed E-state index contributed by atoms with van der Waals surface area (Å²) in [6.45, 7) is 5.08. The van der Waals surface area contributed by atoms with Gasteiger partial charge in [0.1, 0.15) is 12.1 Å². The highest BCUT2D eigenvalue weighted by Crippen LogP contribution is 2.16. The first-order valence-corrected chi connectivity index (χ1v) is 6.06. The second-order valence-corrected chi connectivity index (χ2v) is 4.12. The minimum absolute atomic E-state index is 0.461. The van der Waals surface area contributed by atoms with Crippen LogP contribution in [-0.2, 0) is 9.47 Å². The van der Waals surface area contributed by atoms with Crippen LogP contribution in [0.2, 0.25) is 0 Å². The summed E-state index contributed by atoms with van der Waals surface area (Å²) in [5.74, 6) is 0. The lowest BCUT2D eigenvalue weighted by Gasteiger charge is -2.33. The summed E-state index contributed by atoms with van der Waals surface area (Å²) in [6.07, 6.45) is 0.